The Kier molecular flexibility index (Phi) is 5.18. The number of aromatic nitrogens is 3. The maximum Gasteiger partial charge on any atom is 0.416 e. The van der Waals surface area contributed by atoms with Gasteiger partial charge in [0.2, 0.25) is 0 Å². The zero-order valence-electron chi connectivity index (χ0n) is 16.9. The molecule has 0 saturated carbocycles. The summed E-state index contributed by atoms with van der Waals surface area (Å²) < 4.78 is 39.0. The number of carbonyl (C=O) groups is 1. The molecule has 0 saturated heterocycles. The third kappa shape index (κ3) is 4.35. The van der Waals surface area contributed by atoms with E-state index in [0.29, 0.717) is 28.1 Å². The summed E-state index contributed by atoms with van der Waals surface area (Å²) in [6.07, 6.45) is -1.30. The number of nitrogens with zero attached hydrogens (tertiary/aromatic N) is 2. The van der Waals surface area contributed by atoms with Gasteiger partial charge in [-0.25, -0.2) is 4.98 Å². The number of hydrogen-bond acceptors (Lipinski definition) is 4. The molecule has 0 aliphatic rings. The molecule has 9 heteroatoms. The minimum atomic E-state index is -4.41. The highest BCUT2D eigenvalue weighted by Gasteiger charge is 2.30. The third-order valence-electron chi connectivity index (χ3n) is 5.00. The van der Waals surface area contributed by atoms with Gasteiger partial charge in [-0.2, -0.15) is 13.2 Å². The van der Waals surface area contributed by atoms with Crippen molar-refractivity contribution in [3.63, 3.8) is 0 Å². The number of fused-ring (bicyclic) bond motifs is 1. The van der Waals surface area contributed by atoms with E-state index in [0.717, 1.165) is 27.5 Å². The van der Waals surface area contributed by atoms with E-state index >= 15 is 0 Å². The second-order valence-corrected chi connectivity index (χ2v) is 8.33. The highest BCUT2D eigenvalue weighted by atomic mass is 32.1. The first kappa shape index (κ1) is 20.9. The number of anilines is 1. The second-order valence-electron chi connectivity index (χ2n) is 7.25. The first-order chi connectivity index (χ1) is 15.9. The van der Waals surface area contributed by atoms with E-state index in [1.807, 2.05) is 30.3 Å². The largest absolute Gasteiger partial charge is 0.416 e. The Morgan fingerprint density at radius 3 is 2.52 bits per heavy atom. The van der Waals surface area contributed by atoms with Crippen molar-refractivity contribution < 1.29 is 18.0 Å². The van der Waals surface area contributed by atoms with Crippen LogP contribution in [0, 0.1) is 0 Å². The van der Waals surface area contributed by atoms with E-state index in [1.165, 1.54) is 17.4 Å². The molecule has 2 N–H and O–H groups in total. The molecule has 3 heterocycles. The van der Waals surface area contributed by atoms with E-state index < -0.39 is 11.7 Å². The van der Waals surface area contributed by atoms with Crippen LogP contribution in [0.25, 0.3) is 32.2 Å². The van der Waals surface area contributed by atoms with Crippen molar-refractivity contribution >= 4 is 34.0 Å². The molecule has 0 spiro atoms. The lowest BCUT2D eigenvalue weighted by atomic mass is 10.1. The van der Waals surface area contributed by atoms with Crippen molar-refractivity contribution in [3.8, 4) is 21.1 Å². The molecule has 164 valence electrons. The van der Waals surface area contributed by atoms with Crippen LogP contribution in [0.2, 0.25) is 0 Å². The molecule has 2 aromatic carbocycles. The Bertz CT molecular complexity index is 1460. The van der Waals surface area contributed by atoms with Crippen LogP contribution in [-0.4, -0.2) is 20.9 Å². The fourth-order valence-corrected chi connectivity index (χ4v) is 4.33. The van der Waals surface area contributed by atoms with Crippen molar-refractivity contribution in [1.82, 2.24) is 15.0 Å². The number of halogens is 3. The number of carbonyl (C=O) groups excluding carboxylic acids is 1. The van der Waals surface area contributed by atoms with E-state index in [4.69, 9.17) is 0 Å². The highest BCUT2D eigenvalue weighted by Crippen LogP contribution is 2.36. The summed E-state index contributed by atoms with van der Waals surface area (Å²) in [4.78, 5) is 25.4. The average molecular weight is 464 g/mol. The minimum absolute atomic E-state index is 0.234. The van der Waals surface area contributed by atoms with Gasteiger partial charge in [-0.3, -0.25) is 9.78 Å². The quantitative estimate of drug-likeness (QED) is 0.314. The van der Waals surface area contributed by atoms with Gasteiger partial charge >= 0.3 is 6.18 Å². The lowest BCUT2D eigenvalue weighted by molar-refractivity contribution is -0.137. The first-order valence-corrected chi connectivity index (χ1v) is 10.7. The van der Waals surface area contributed by atoms with Crippen LogP contribution in [0.4, 0.5) is 18.9 Å². The van der Waals surface area contributed by atoms with Gasteiger partial charge in [0.25, 0.3) is 5.91 Å². The number of amides is 1. The summed E-state index contributed by atoms with van der Waals surface area (Å²) in [6, 6.07) is 17.9. The fourth-order valence-electron chi connectivity index (χ4n) is 3.38. The Balaban J connectivity index is 1.40. The molecular formula is C24H15F3N4OS. The topological polar surface area (TPSA) is 70.7 Å². The van der Waals surface area contributed by atoms with E-state index in [1.54, 1.807) is 30.6 Å². The predicted molar refractivity (Wildman–Crippen MR) is 122 cm³/mol. The summed E-state index contributed by atoms with van der Waals surface area (Å²) in [7, 11) is 0. The minimum Gasteiger partial charge on any atom is -0.337 e. The Hall–Kier alpha value is -3.98. The molecule has 3 aromatic heterocycles. The normalized spacial score (nSPS) is 11.6. The van der Waals surface area contributed by atoms with Crippen molar-refractivity contribution in [2.45, 2.75) is 6.18 Å². The standard InChI is InChI=1S/C24H15F3N4OS/c25-24(26,27)16-4-5-18-19(13-16)31-22(30-18)21-7-6-20(33-21)15-2-1-3-17(12-15)29-23(32)14-8-10-28-11-9-14/h1-13H,(H,29,32)(H,30,31). The van der Waals surface area contributed by atoms with Crippen molar-refractivity contribution in [3.05, 3.63) is 90.3 Å². The number of alkyl halides is 3. The number of hydrogen-bond donors (Lipinski definition) is 2. The van der Waals surface area contributed by atoms with Gasteiger partial charge in [0.05, 0.1) is 21.5 Å². The van der Waals surface area contributed by atoms with Crippen LogP contribution in [0.5, 0.6) is 0 Å². The molecule has 5 aromatic rings. The third-order valence-corrected chi connectivity index (χ3v) is 6.14. The maximum atomic E-state index is 13.0. The van der Waals surface area contributed by atoms with E-state index in [2.05, 4.69) is 20.3 Å². The SMILES string of the molecule is O=C(Nc1cccc(-c2ccc(-c3nc4ccc(C(F)(F)F)cc4[nH]3)s2)c1)c1ccncc1. The number of pyridine rings is 1. The number of rotatable bonds is 4. The van der Waals surface area contributed by atoms with E-state index in [-0.39, 0.29) is 5.91 Å². The first-order valence-electron chi connectivity index (χ1n) is 9.86. The zero-order chi connectivity index (χ0) is 23.0. The molecule has 0 bridgehead atoms. The smallest absolute Gasteiger partial charge is 0.337 e. The number of aromatic amines is 1. The number of imidazole rings is 1. The second kappa shape index (κ2) is 8.18. The number of nitrogens with one attached hydrogen (secondary N) is 2. The number of thiophene rings is 1. The predicted octanol–water partition coefficient (Wildman–Crippen LogP) is 6.62. The summed E-state index contributed by atoms with van der Waals surface area (Å²) >= 11 is 1.45. The van der Waals surface area contributed by atoms with Crippen LogP contribution in [0.3, 0.4) is 0 Å². The van der Waals surface area contributed by atoms with Gasteiger partial charge in [0.1, 0.15) is 5.82 Å². The molecule has 0 radical (unpaired) electrons. The number of benzene rings is 2. The lowest BCUT2D eigenvalue weighted by Crippen LogP contribution is -2.11. The van der Waals surface area contributed by atoms with Gasteiger partial charge in [0.15, 0.2) is 0 Å². The summed E-state index contributed by atoms with van der Waals surface area (Å²) in [5, 5.41) is 2.87. The van der Waals surface area contributed by atoms with Crippen LogP contribution >= 0.6 is 11.3 Å². The zero-order valence-corrected chi connectivity index (χ0v) is 17.7. The fraction of sp³-hybridized carbons (Fsp3) is 0.0417. The number of H-pyrrole nitrogens is 1. The van der Waals surface area contributed by atoms with Crippen molar-refractivity contribution in [2.75, 3.05) is 5.32 Å². The van der Waals surface area contributed by atoms with Gasteiger partial charge in [-0.15, -0.1) is 11.3 Å². The molecule has 33 heavy (non-hydrogen) atoms. The summed E-state index contributed by atoms with van der Waals surface area (Å²) in [6.45, 7) is 0. The molecule has 0 atom stereocenters. The van der Waals surface area contributed by atoms with Crippen LogP contribution in [-0.2, 0) is 6.18 Å². The molecule has 0 fully saturated rings. The molecule has 0 aliphatic heterocycles. The molecule has 1 amide bonds. The lowest BCUT2D eigenvalue weighted by Gasteiger charge is -2.06. The van der Waals surface area contributed by atoms with Crippen LogP contribution < -0.4 is 5.32 Å². The molecule has 0 unspecified atom stereocenters. The summed E-state index contributed by atoms with van der Waals surface area (Å²) in [5.41, 5.74) is 2.13. The van der Waals surface area contributed by atoms with E-state index in [9.17, 15) is 18.0 Å². The molecular weight excluding hydrogens is 449 g/mol. The van der Waals surface area contributed by atoms with Gasteiger partial charge in [0, 0.05) is 28.5 Å². The van der Waals surface area contributed by atoms with Crippen LogP contribution in [0.15, 0.2) is 79.1 Å². The Morgan fingerprint density at radius 2 is 1.73 bits per heavy atom. The maximum absolute atomic E-state index is 13.0. The van der Waals surface area contributed by atoms with Gasteiger partial charge in [-0.05, 0) is 60.2 Å². The average Bonchev–Trinajstić information content (AvgIpc) is 3.46. The Morgan fingerprint density at radius 1 is 0.939 bits per heavy atom. The van der Waals surface area contributed by atoms with Gasteiger partial charge in [-0.1, -0.05) is 12.1 Å². The molecule has 5 rings (SSSR count). The molecule has 0 aliphatic carbocycles. The van der Waals surface area contributed by atoms with Crippen LogP contribution in [0.1, 0.15) is 15.9 Å². The van der Waals surface area contributed by atoms with Crippen molar-refractivity contribution in [2.24, 2.45) is 0 Å². The highest BCUT2D eigenvalue weighted by molar-refractivity contribution is 7.18. The summed E-state index contributed by atoms with van der Waals surface area (Å²) in [5.74, 6) is 0.268. The monoisotopic (exact) mass is 464 g/mol. The molecule has 5 nitrogen and oxygen atoms in total. The Labute approximate surface area is 190 Å². The van der Waals surface area contributed by atoms with Crippen molar-refractivity contribution in [1.29, 1.82) is 0 Å². The van der Waals surface area contributed by atoms with Gasteiger partial charge < -0.3 is 10.3 Å².